The van der Waals surface area contributed by atoms with Gasteiger partial charge in [-0.25, -0.2) is 4.98 Å². The molecule has 0 aliphatic rings. The Balaban J connectivity index is 1.75. The van der Waals surface area contributed by atoms with Gasteiger partial charge in [0.1, 0.15) is 5.52 Å². The van der Waals surface area contributed by atoms with Crippen LogP contribution in [0.15, 0.2) is 36.7 Å². The Bertz CT molecular complexity index is 1120. The van der Waals surface area contributed by atoms with Crippen molar-refractivity contribution in [3.8, 4) is 0 Å². The fourth-order valence-corrected chi connectivity index (χ4v) is 5.19. The summed E-state index contributed by atoms with van der Waals surface area (Å²) in [6.45, 7) is 7.91. The Morgan fingerprint density at radius 2 is 1.90 bits per heavy atom. The molecule has 0 radical (unpaired) electrons. The molecule has 0 atom stereocenters. The monoisotopic (exact) mass is 463 g/mol. The molecule has 2 N–H and O–H groups in total. The first-order valence-electron chi connectivity index (χ1n) is 10.0. The van der Waals surface area contributed by atoms with Crippen molar-refractivity contribution < 1.29 is 13.6 Å². The minimum atomic E-state index is -3.20. The molecule has 0 bridgehead atoms. The van der Waals surface area contributed by atoms with Crippen LogP contribution in [0.2, 0.25) is 5.15 Å². The maximum absolute atomic E-state index is 12.9. The molecule has 8 nitrogen and oxygen atoms in total. The predicted octanol–water partition coefficient (Wildman–Crippen LogP) is 5.17. The molecule has 166 valence electrons. The van der Waals surface area contributed by atoms with E-state index in [0.717, 1.165) is 11.1 Å². The molecule has 3 rings (SSSR count). The number of nitrogens with zero attached hydrogens (tertiary/aromatic N) is 4. The van der Waals surface area contributed by atoms with Crippen LogP contribution in [-0.4, -0.2) is 37.9 Å². The van der Waals surface area contributed by atoms with Crippen LogP contribution >= 0.6 is 19.2 Å². The predicted molar refractivity (Wildman–Crippen MR) is 124 cm³/mol. The van der Waals surface area contributed by atoms with Crippen molar-refractivity contribution in [1.82, 2.24) is 19.5 Å². The second kappa shape index (κ2) is 9.92. The molecule has 0 saturated carbocycles. The van der Waals surface area contributed by atoms with Crippen LogP contribution in [0.3, 0.4) is 0 Å². The maximum Gasteiger partial charge on any atom is 0.334 e. The van der Waals surface area contributed by atoms with Gasteiger partial charge < -0.3 is 19.3 Å². The quantitative estimate of drug-likeness (QED) is 0.345. The number of rotatable bonds is 9. The fraction of sp³-hybridized carbons (Fsp3) is 0.381. The van der Waals surface area contributed by atoms with Gasteiger partial charge in [-0.1, -0.05) is 42.0 Å². The van der Waals surface area contributed by atoms with Crippen molar-refractivity contribution in [2.24, 2.45) is 0 Å². The van der Waals surface area contributed by atoms with E-state index in [-0.39, 0.29) is 29.5 Å². The van der Waals surface area contributed by atoms with Crippen LogP contribution in [0.25, 0.3) is 17.2 Å². The molecule has 31 heavy (non-hydrogen) atoms. The second-order valence-corrected chi connectivity index (χ2v) is 10.0. The first kappa shape index (κ1) is 23.4. The third-order valence-corrected chi connectivity index (χ3v) is 6.53. The first-order chi connectivity index (χ1) is 14.6. The molecule has 10 heteroatoms. The summed E-state index contributed by atoms with van der Waals surface area (Å²) in [6, 6.07) is 7.97. The number of anilines is 1. The molecule has 0 aliphatic heterocycles. The molecule has 0 amide bonds. The zero-order valence-corrected chi connectivity index (χ0v) is 19.7. The molecule has 0 saturated heterocycles. The summed E-state index contributed by atoms with van der Waals surface area (Å²) in [6.07, 6.45) is 5.23. The molecule has 0 aliphatic carbocycles. The molecular formula is C21H27ClN5O3P. The van der Waals surface area contributed by atoms with E-state index in [1.165, 1.54) is 0 Å². The van der Waals surface area contributed by atoms with E-state index >= 15 is 0 Å². The number of nitrogens with two attached hydrogens (primary N) is 1. The van der Waals surface area contributed by atoms with E-state index in [9.17, 15) is 4.57 Å². The SMILES string of the molecule is CC(C)OP(=O)(CC=Cc1cccc(Cn2cnc3c(Cl)nc(N)nc32)c1)OC(C)C. The normalized spacial score (nSPS) is 12.6. The first-order valence-corrected chi connectivity index (χ1v) is 12.1. The van der Waals surface area contributed by atoms with Crippen LogP contribution < -0.4 is 5.73 Å². The van der Waals surface area contributed by atoms with Gasteiger partial charge in [0.25, 0.3) is 0 Å². The summed E-state index contributed by atoms with van der Waals surface area (Å²) in [5.74, 6) is 0.104. The van der Waals surface area contributed by atoms with Crippen LogP contribution in [0.1, 0.15) is 38.8 Å². The summed E-state index contributed by atoms with van der Waals surface area (Å²) in [5.41, 5.74) is 8.82. The Morgan fingerprint density at radius 3 is 2.58 bits per heavy atom. The lowest BCUT2D eigenvalue weighted by Crippen LogP contribution is -2.09. The molecule has 3 aromatic rings. The van der Waals surface area contributed by atoms with Crippen molar-refractivity contribution in [1.29, 1.82) is 0 Å². The Kier molecular flexibility index (Phi) is 7.49. The lowest BCUT2D eigenvalue weighted by atomic mass is 10.1. The Labute approximate surface area is 187 Å². The van der Waals surface area contributed by atoms with Crippen molar-refractivity contribution >= 4 is 42.4 Å². The number of nitrogen functional groups attached to an aromatic ring is 1. The molecule has 0 fully saturated rings. The second-order valence-electron chi connectivity index (χ2n) is 7.67. The van der Waals surface area contributed by atoms with Crippen LogP contribution in [0.4, 0.5) is 5.95 Å². The van der Waals surface area contributed by atoms with E-state index in [1.807, 2.05) is 68.7 Å². The highest BCUT2D eigenvalue weighted by atomic mass is 35.5. The van der Waals surface area contributed by atoms with E-state index in [1.54, 1.807) is 6.33 Å². The zero-order chi connectivity index (χ0) is 22.6. The summed E-state index contributed by atoms with van der Waals surface area (Å²) < 4.78 is 26.0. The average molecular weight is 464 g/mol. The number of halogens is 1. The molecule has 2 aromatic heterocycles. The molecule has 0 unspecified atom stereocenters. The van der Waals surface area contributed by atoms with E-state index in [0.29, 0.717) is 17.7 Å². The highest BCUT2D eigenvalue weighted by Gasteiger charge is 2.25. The Hall–Kier alpha value is -2.25. The number of aromatic nitrogens is 4. The minimum Gasteiger partial charge on any atom is -0.368 e. The van der Waals surface area contributed by atoms with E-state index in [2.05, 4.69) is 15.0 Å². The topological polar surface area (TPSA) is 105 Å². The van der Waals surface area contributed by atoms with Crippen molar-refractivity contribution in [3.05, 3.63) is 52.9 Å². The number of hydrogen-bond acceptors (Lipinski definition) is 7. The van der Waals surface area contributed by atoms with Gasteiger partial charge in [-0.2, -0.15) is 9.97 Å². The zero-order valence-electron chi connectivity index (χ0n) is 18.0. The van der Waals surface area contributed by atoms with Crippen LogP contribution in [0, 0.1) is 0 Å². The van der Waals surface area contributed by atoms with Crippen LogP contribution in [-0.2, 0) is 20.2 Å². The molecule has 0 spiro atoms. The molecular weight excluding hydrogens is 437 g/mol. The summed E-state index contributed by atoms with van der Waals surface area (Å²) >= 11 is 6.10. The van der Waals surface area contributed by atoms with Gasteiger partial charge >= 0.3 is 7.60 Å². The standard InChI is InChI=1S/C21H27ClN5O3P/c1-14(2)29-31(28,30-15(3)4)10-6-9-16-7-5-8-17(11-16)12-27-13-24-18-19(22)25-21(23)26-20(18)27/h5-9,11,13-15H,10,12H2,1-4H3,(H2,23,25,26). The molecule has 1 aromatic carbocycles. The maximum atomic E-state index is 12.9. The third kappa shape index (κ3) is 6.37. The van der Waals surface area contributed by atoms with Crippen molar-refractivity contribution in [2.45, 2.75) is 46.4 Å². The number of benzene rings is 1. The van der Waals surface area contributed by atoms with Gasteiger partial charge in [-0.05, 0) is 44.9 Å². The lowest BCUT2D eigenvalue weighted by molar-refractivity contribution is 0.144. The van der Waals surface area contributed by atoms with Crippen molar-refractivity contribution in [2.75, 3.05) is 11.9 Å². The van der Waals surface area contributed by atoms with Crippen LogP contribution in [0.5, 0.6) is 0 Å². The van der Waals surface area contributed by atoms with E-state index < -0.39 is 7.60 Å². The summed E-state index contributed by atoms with van der Waals surface area (Å²) in [7, 11) is -3.20. The van der Waals surface area contributed by atoms with Crippen molar-refractivity contribution in [3.63, 3.8) is 0 Å². The van der Waals surface area contributed by atoms with Gasteiger partial charge in [0.2, 0.25) is 5.95 Å². The Morgan fingerprint density at radius 1 is 1.19 bits per heavy atom. The van der Waals surface area contributed by atoms with Gasteiger partial charge in [0, 0.05) is 0 Å². The van der Waals surface area contributed by atoms with Gasteiger partial charge in [0.15, 0.2) is 10.8 Å². The number of hydrogen-bond donors (Lipinski definition) is 1. The molecule has 2 heterocycles. The minimum absolute atomic E-state index is 0.104. The third-order valence-electron chi connectivity index (χ3n) is 4.12. The van der Waals surface area contributed by atoms with E-state index in [4.69, 9.17) is 26.4 Å². The number of fused-ring (bicyclic) bond motifs is 1. The highest BCUT2D eigenvalue weighted by molar-refractivity contribution is 7.54. The number of imidazole rings is 1. The fourth-order valence-electron chi connectivity index (χ4n) is 3.10. The summed E-state index contributed by atoms with van der Waals surface area (Å²) in [5, 5.41) is 0.231. The average Bonchev–Trinajstić information content (AvgIpc) is 3.03. The van der Waals surface area contributed by atoms with Gasteiger partial charge in [-0.15, -0.1) is 0 Å². The largest absolute Gasteiger partial charge is 0.368 e. The lowest BCUT2D eigenvalue weighted by Gasteiger charge is -2.21. The smallest absolute Gasteiger partial charge is 0.334 e. The number of allylic oxidation sites excluding steroid dienone is 1. The highest BCUT2D eigenvalue weighted by Crippen LogP contribution is 2.50. The van der Waals surface area contributed by atoms with Gasteiger partial charge in [-0.3, -0.25) is 4.57 Å². The summed E-state index contributed by atoms with van der Waals surface area (Å²) in [4.78, 5) is 12.5. The van der Waals surface area contributed by atoms with Gasteiger partial charge in [0.05, 0.1) is 31.2 Å².